The molecule has 0 bridgehead atoms. The van der Waals surface area contributed by atoms with Crippen LogP contribution in [0.5, 0.6) is 0 Å². The molecule has 0 aliphatic rings. The molecule has 0 saturated carbocycles. The van der Waals surface area contributed by atoms with Gasteiger partial charge >= 0.3 is 0 Å². The number of aromatic nitrogens is 2. The Balaban J connectivity index is 2.16. The summed E-state index contributed by atoms with van der Waals surface area (Å²) < 4.78 is 1.63. The second-order valence-corrected chi connectivity index (χ2v) is 7.64. The van der Waals surface area contributed by atoms with E-state index in [0.29, 0.717) is 22.6 Å². The Morgan fingerprint density at radius 1 is 1.25 bits per heavy atom. The number of rotatable bonds is 7. The van der Waals surface area contributed by atoms with Gasteiger partial charge in [0.05, 0.1) is 21.8 Å². The summed E-state index contributed by atoms with van der Waals surface area (Å²) in [6.45, 7) is 7.88. The fourth-order valence-electron chi connectivity index (χ4n) is 2.96. The van der Waals surface area contributed by atoms with E-state index in [1.807, 2.05) is 42.5 Å². The minimum Gasteiger partial charge on any atom is -0.352 e. The molecule has 3 aromatic rings. The minimum absolute atomic E-state index is 0.123. The maximum atomic E-state index is 13.3. The number of carbonyl (C=O) groups excluding carboxylic acids is 1. The Morgan fingerprint density at radius 3 is 2.71 bits per heavy atom. The molecule has 144 valence electrons. The zero-order chi connectivity index (χ0) is 20.1. The lowest BCUT2D eigenvalue weighted by atomic mass is 10.1. The maximum Gasteiger partial charge on any atom is 0.266 e. The van der Waals surface area contributed by atoms with Crippen LogP contribution in [0.1, 0.15) is 19.4 Å². The number of aryl methyl sites for hydroxylation is 1. The van der Waals surface area contributed by atoms with E-state index in [0.717, 1.165) is 17.7 Å². The van der Waals surface area contributed by atoms with E-state index in [2.05, 4.69) is 18.8 Å². The van der Waals surface area contributed by atoms with Crippen LogP contribution in [-0.4, -0.2) is 27.3 Å². The molecule has 1 amide bonds. The van der Waals surface area contributed by atoms with Crippen LogP contribution in [0, 0.1) is 0 Å². The lowest BCUT2D eigenvalue weighted by Crippen LogP contribution is -2.32. The van der Waals surface area contributed by atoms with Gasteiger partial charge in [-0.25, -0.2) is 4.98 Å². The van der Waals surface area contributed by atoms with Crippen molar-refractivity contribution in [1.29, 1.82) is 0 Å². The topological polar surface area (TPSA) is 64.0 Å². The second kappa shape index (κ2) is 8.89. The van der Waals surface area contributed by atoms with Crippen molar-refractivity contribution in [3.63, 3.8) is 0 Å². The Labute approximate surface area is 168 Å². The lowest BCUT2D eigenvalue weighted by Gasteiger charge is -2.18. The van der Waals surface area contributed by atoms with Gasteiger partial charge < -0.3 is 5.32 Å². The summed E-state index contributed by atoms with van der Waals surface area (Å²) in [7, 11) is 0. The molecule has 0 radical (unpaired) electrons. The normalized spacial score (nSPS) is 11.9. The van der Waals surface area contributed by atoms with Crippen LogP contribution in [-0.2, 0) is 11.2 Å². The van der Waals surface area contributed by atoms with Crippen molar-refractivity contribution >= 4 is 28.6 Å². The summed E-state index contributed by atoms with van der Waals surface area (Å²) in [6.07, 6.45) is 2.42. The molecule has 1 atom stereocenters. The van der Waals surface area contributed by atoms with Crippen LogP contribution in [0.2, 0.25) is 0 Å². The number of amides is 1. The summed E-state index contributed by atoms with van der Waals surface area (Å²) >= 11 is 1.28. The highest BCUT2D eigenvalue weighted by Crippen LogP contribution is 2.26. The van der Waals surface area contributed by atoms with Crippen LogP contribution >= 0.6 is 11.8 Å². The molecule has 0 aliphatic carbocycles. The first-order valence-corrected chi connectivity index (χ1v) is 10.1. The van der Waals surface area contributed by atoms with Gasteiger partial charge in [-0.3, -0.25) is 14.2 Å². The first-order chi connectivity index (χ1) is 13.6. The van der Waals surface area contributed by atoms with E-state index < -0.39 is 5.25 Å². The van der Waals surface area contributed by atoms with Crippen molar-refractivity contribution in [3.05, 3.63) is 77.1 Å². The van der Waals surface area contributed by atoms with Gasteiger partial charge in [0.15, 0.2) is 5.16 Å². The third-order valence-electron chi connectivity index (χ3n) is 4.43. The quantitative estimate of drug-likeness (QED) is 0.377. The first-order valence-electron chi connectivity index (χ1n) is 9.22. The highest BCUT2D eigenvalue weighted by molar-refractivity contribution is 8.00. The number of para-hydroxylation sites is 2. The van der Waals surface area contributed by atoms with Gasteiger partial charge in [0, 0.05) is 6.54 Å². The Hall–Kier alpha value is -2.86. The zero-order valence-corrected chi connectivity index (χ0v) is 16.8. The summed E-state index contributed by atoms with van der Waals surface area (Å²) in [5.41, 5.74) is 2.34. The van der Waals surface area contributed by atoms with Gasteiger partial charge in [0.2, 0.25) is 5.91 Å². The fourth-order valence-corrected chi connectivity index (χ4v) is 3.90. The van der Waals surface area contributed by atoms with Gasteiger partial charge in [0.25, 0.3) is 5.56 Å². The van der Waals surface area contributed by atoms with Gasteiger partial charge in [-0.05, 0) is 37.1 Å². The number of benzene rings is 2. The van der Waals surface area contributed by atoms with Crippen molar-refractivity contribution in [2.24, 2.45) is 0 Å². The van der Waals surface area contributed by atoms with Crippen LogP contribution in [0.4, 0.5) is 0 Å². The lowest BCUT2D eigenvalue weighted by molar-refractivity contribution is -0.120. The molecule has 3 rings (SSSR count). The summed E-state index contributed by atoms with van der Waals surface area (Å²) in [5, 5.41) is 3.45. The van der Waals surface area contributed by atoms with Crippen molar-refractivity contribution in [3.8, 4) is 5.69 Å². The molecular weight excluding hydrogens is 370 g/mol. The number of hydrogen-bond donors (Lipinski definition) is 1. The average molecular weight is 394 g/mol. The molecule has 0 unspecified atom stereocenters. The SMILES string of the molecule is C=CCNC(=O)[C@H](C)Sc1nc2ccccc2c(=O)n1-c1ccccc1CC. The zero-order valence-electron chi connectivity index (χ0n) is 16.0. The van der Waals surface area contributed by atoms with Gasteiger partial charge in [-0.1, -0.05) is 55.1 Å². The molecule has 1 N–H and O–H groups in total. The molecule has 28 heavy (non-hydrogen) atoms. The largest absolute Gasteiger partial charge is 0.352 e. The summed E-state index contributed by atoms with van der Waals surface area (Å²) in [4.78, 5) is 30.4. The number of nitrogens with one attached hydrogen (secondary N) is 1. The molecule has 5 nitrogen and oxygen atoms in total. The predicted molar refractivity (Wildman–Crippen MR) is 115 cm³/mol. The average Bonchev–Trinajstić information content (AvgIpc) is 2.72. The van der Waals surface area contributed by atoms with E-state index in [9.17, 15) is 9.59 Å². The van der Waals surface area contributed by atoms with E-state index >= 15 is 0 Å². The van der Waals surface area contributed by atoms with Gasteiger partial charge in [0.1, 0.15) is 0 Å². The Morgan fingerprint density at radius 2 is 1.96 bits per heavy atom. The summed E-state index contributed by atoms with van der Waals surface area (Å²) in [6, 6.07) is 15.1. The fraction of sp³-hybridized carbons (Fsp3) is 0.227. The molecule has 0 saturated heterocycles. The highest BCUT2D eigenvalue weighted by Gasteiger charge is 2.20. The molecule has 0 fully saturated rings. The molecule has 0 aliphatic heterocycles. The van der Waals surface area contributed by atoms with Crippen molar-refractivity contribution in [1.82, 2.24) is 14.9 Å². The van der Waals surface area contributed by atoms with Crippen LogP contribution in [0.15, 0.2) is 71.1 Å². The third kappa shape index (κ3) is 4.02. The molecular formula is C22H23N3O2S. The minimum atomic E-state index is -0.409. The predicted octanol–water partition coefficient (Wildman–Crippen LogP) is 3.73. The standard InChI is InChI=1S/C22H23N3O2S/c1-4-14-23-20(26)15(3)28-22-24-18-12-8-7-11-17(18)21(27)25(22)19-13-9-6-10-16(19)5-2/h4,6-13,15H,1,5,14H2,2-3H3,(H,23,26)/t15-/m0/s1. The number of nitrogens with zero attached hydrogens (tertiary/aromatic N) is 2. The van der Waals surface area contributed by atoms with Crippen molar-refractivity contribution < 1.29 is 4.79 Å². The van der Waals surface area contributed by atoms with E-state index in [1.54, 1.807) is 23.6 Å². The van der Waals surface area contributed by atoms with Crippen LogP contribution in [0.3, 0.4) is 0 Å². The summed E-state index contributed by atoms with van der Waals surface area (Å²) in [5.74, 6) is -0.123. The third-order valence-corrected chi connectivity index (χ3v) is 5.48. The molecule has 2 aromatic carbocycles. The Kier molecular flexibility index (Phi) is 6.31. The van der Waals surface area contributed by atoms with Gasteiger partial charge in [-0.2, -0.15) is 0 Å². The Bertz CT molecular complexity index is 1070. The van der Waals surface area contributed by atoms with Gasteiger partial charge in [-0.15, -0.1) is 6.58 Å². The number of hydrogen-bond acceptors (Lipinski definition) is 4. The van der Waals surface area contributed by atoms with Crippen LogP contribution in [0.25, 0.3) is 16.6 Å². The molecule has 1 aromatic heterocycles. The second-order valence-electron chi connectivity index (χ2n) is 6.33. The maximum absolute atomic E-state index is 13.3. The van der Waals surface area contributed by atoms with E-state index in [4.69, 9.17) is 4.98 Å². The number of fused-ring (bicyclic) bond motifs is 1. The monoisotopic (exact) mass is 393 g/mol. The number of thioether (sulfide) groups is 1. The van der Waals surface area contributed by atoms with Crippen LogP contribution < -0.4 is 10.9 Å². The van der Waals surface area contributed by atoms with Crippen molar-refractivity contribution in [2.75, 3.05) is 6.54 Å². The molecule has 6 heteroatoms. The number of carbonyl (C=O) groups is 1. The van der Waals surface area contributed by atoms with Crippen molar-refractivity contribution in [2.45, 2.75) is 30.7 Å². The molecule has 0 spiro atoms. The van der Waals surface area contributed by atoms with E-state index in [1.165, 1.54) is 11.8 Å². The molecule has 1 heterocycles. The first kappa shape index (κ1) is 19.9. The smallest absolute Gasteiger partial charge is 0.266 e. The van der Waals surface area contributed by atoms with E-state index in [-0.39, 0.29) is 11.5 Å². The highest BCUT2D eigenvalue weighted by atomic mass is 32.2.